The molecule has 1 aliphatic carbocycles. The Morgan fingerprint density at radius 1 is 1.28 bits per heavy atom. The minimum absolute atomic E-state index is 0.0223. The van der Waals surface area contributed by atoms with Gasteiger partial charge in [0, 0.05) is 13.2 Å². The fraction of sp³-hybridized carbons (Fsp3) is 0.381. The molecule has 4 aromatic rings. The van der Waals surface area contributed by atoms with Crippen LogP contribution in [0.5, 0.6) is 0 Å². The predicted octanol–water partition coefficient (Wildman–Crippen LogP) is 2.61. The molecule has 0 unspecified atom stereocenters. The molecule has 0 aliphatic heterocycles. The lowest BCUT2D eigenvalue weighted by atomic mass is 10.2. The summed E-state index contributed by atoms with van der Waals surface area (Å²) < 4.78 is 73.2. The average molecular weight is 523 g/mol. The highest BCUT2D eigenvalue weighted by Crippen LogP contribution is 2.41. The van der Waals surface area contributed by atoms with Gasteiger partial charge in [-0.05, 0) is 25.0 Å². The van der Waals surface area contributed by atoms with Crippen molar-refractivity contribution in [3.63, 3.8) is 0 Å². The third-order valence-electron chi connectivity index (χ3n) is 6.14. The van der Waals surface area contributed by atoms with Gasteiger partial charge in [0.2, 0.25) is 0 Å². The number of aromatic nitrogens is 6. The molecule has 15 heteroatoms. The molecule has 0 aromatic carbocycles. The minimum atomic E-state index is -4.67. The van der Waals surface area contributed by atoms with E-state index in [1.165, 1.54) is 42.4 Å². The Hall–Kier alpha value is -3.75. The molecule has 11 nitrogen and oxygen atoms in total. The van der Waals surface area contributed by atoms with E-state index in [-0.39, 0.29) is 38.8 Å². The van der Waals surface area contributed by atoms with Crippen LogP contribution in [-0.4, -0.2) is 61.9 Å². The lowest BCUT2D eigenvalue weighted by Gasteiger charge is -2.16. The number of rotatable bonds is 6. The Bertz CT molecular complexity index is 1640. The van der Waals surface area contributed by atoms with Crippen molar-refractivity contribution in [3.8, 4) is 11.4 Å². The number of pyridine rings is 1. The zero-order valence-electron chi connectivity index (χ0n) is 19.3. The topological polar surface area (TPSA) is 133 Å². The van der Waals surface area contributed by atoms with E-state index in [9.17, 15) is 26.4 Å². The number of sulfone groups is 1. The van der Waals surface area contributed by atoms with Crippen LogP contribution in [0.4, 0.5) is 19.0 Å². The quantitative estimate of drug-likeness (QED) is 0.379. The van der Waals surface area contributed by atoms with Crippen LogP contribution in [0.15, 0.2) is 29.6 Å². The standard InChI is InChI=1S/C21H20F3N7O4S/c1-4-36(33,34)18-15(17-27-11-9-13(21(22,23)24)26-10-12(11)30(17)2)16-25-8-5-14(31(16)29-18)28-20(6-7-20)19(32)35-3/h5,8-10,28H,4,6-7H2,1-3H3. The van der Waals surface area contributed by atoms with Crippen molar-refractivity contribution >= 4 is 38.3 Å². The molecule has 36 heavy (non-hydrogen) atoms. The number of ether oxygens (including phenoxy) is 1. The number of methoxy groups -OCH3 is 1. The van der Waals surface area contributed by atoms with Crippen molar-refractivity contribution in [2.24, 2.45) is 7.05 Å². The number of anilines is 1. The molecule has 0 atom stereocenters. The van der Waals surface area contributed by atoms with Gasteiger partial charge in [-0.2, -0.15) is 22.8 Å². The second kappa shape index (κ2) is 7.88. The van der Waals surface area contributed by atoms with Crippen LogP contribution in [0.2, 0.25) is 0 Å². The molecule has 1 N–H and O–H groups in total. The molecule has 190 valence electrons. The van der Waals surface area contributed by atoms with Crippen LogP contribution in [0, 0.1) is 0 Å². The molecule has 5 rings (SSSR count). The van der Waals surface area contributed by atoms with Gasteiger partial charge in [-0.25, -0.2) is 28.2 Å². The lowest BCUT2D eigenvalue weighted by Crippen LogP contribution is -2.33. The normalized spacial score (nSPS) is 15.4. The van der Waals surface area contributed by atoms with Crippen molar-refractivity contribution in [2.75, 3.05) is 18.2 Å². The third-order valence-corrected chi connectivity index (χ3v) is 7.77. The van der Waals surface area contributed by atoms with Gasteiger partial charge in [-0.1, -0.05) is 6.92 Å². The van der Waals surface area contributed by atoms with Gasteiger partial charge in [0.1, 0.15) is 28.4 Å². The molecular formula is C21H20F3N7O4S. The average Bonchev–Trinajstić information content (AvgIpc) is 3.40. The summed E-state index contributed by atoms with van der Waals surface area (Å²) in [4.78, 5) is 24.3. The van der Waals surface area contributed by atoms with Crippen LogP contribution in [-0.2, 0) is 32.6 Å². The molecule has 0 bridgehead atoms. The summed E-state index contributed by atoms with van der Waals surface area (Å²) in [6.45, 7) is 1.45. The van der Waals surface area contributed by atoms with Gasteiger partial charge in [0.15, 0.2) is 20.5 Å². The zero-order valence-corrected chi connectivity index (χ0v) is 20.1. The molecule has 4 heterocycles. The van der Waals surface area contributed by atoms with E-state index < -0.39 is 33.2 Å². The number of hydrogen-bond acceptors (Lipinski definition) is 9. The second-order valence-corrected chi connectivity index (χ2v) is 10.6. The summed E-state index contributed by atoms with van der Waals surface area (Å²) in [6.07, 6.45) is -1.21. The summed E-state index contributed by atoms with van der Waals surface area (Å²) in [7, 11) is -1.13. The first-order valence-electron chi connectivity index (χ1n) is 10.8. The first-order chi connectivity index (χ1) is 16.9. The summed E-state index contributed by atoms with van der Waals surface area (Å²) in [6, 6.07) is 2.33. The minimum Gasteiger partial charge on any atom is -0.467 e. The molecular weight excluding hydrogens is 503 g/mol. The first kappa shape index (κ1) is 24.0. The number of esters is 1. The van der Waals surface area contributed by atoms with Crippen LogP contribution >= 0.6 is 0 Å². The van der Waals surface area contributed by atoms with Gasteiger partial charge >= 0.3 is 12.1 Å². The number of aryl methyl sites for hydroxylation is 1. The number of halogens is 3. The highest BCUT2D eigenvalue weighted by molar-refractivity contribution is 7.91. The number of hydrogen-bond donors (Lipinski definition) is 1. The Balaban J connectivity index is 1.76. The van der Waals surface area contributed by atoms with E-state index in [0.717, 1.165) is 12.3 Å². The van der Waals surface area contributed by atoms with E-state index in [0.29, 0.717) is 18.7 Å². The fourth-order valence-corrected chi connectivity index (χ4v) is 4.96. The second-order valence-electron chi connectivity index (χ2n) is 8.40. The molecule has 0 radical (unpaired) electrons. The largest absolute Gasteiger partial charge is 0.467 e. The van der Waals surface area contributed by atoms with Crippen molar-refractivity contribution in [3.05, 3.63) is 30.2 Å². The van der Waals surface area contributed by atoms with E-state index >= 15 is 0 Å². The third kappa shape index (κ3) is 3.65. The van der Waals surface area contributed by atoms with E-state index in [1.807, 2.05) is 0 Å². The molecule has 1 saturated carbocycles. The summed E-state index contributed by atoms with van der Waals surface area (Å²) in [5, 5.41) is 7.04. The first-order valence-corrected chi connectivity index (χ1v) is 12.4. The van der Waals surface area contributed by atoms with Crippen molar-refractivity contribution in [1.29, 1.82) is 0 Å². The number of imidazole rings is 1. The number of fused-ring (bicyclic) bond motifs is 2. The Labute approximate surface area is 202 Å². The SMILES string of the molecule is CCS(=O)(=O)c1nn2c(NC3(C(=O)OC)CC3)ccnc2c1-c1nc2cc(C(F)(F)F)ncc2n1C. The van der Waals surface area contributed by atoms with Crippen LogP contribution in [0.1, 0.15) is 25.5 Å². The van der Waals surface area contributed by atoms with Crippen molar-refractivity contribution in [2.45, 2.75) is 36.5 Å². The maximum atomic E-state index is 13.2. The molecule has 0 saturated heterocycles. The number of alkyl halides is 3. The monoisotopic (exact) mass is 523 g/mol. The number of nitrogens with one attached hydrogen (secondary N) is 1. The Morgan fingerprint density at radius 2 is 2.00 bits per heavy atom. The predicted molar refractivity (Wildman–Crippen MR) is 121 cm³/mol. The van der Waals surface area contributed by atoms with E-state index in [1.54, 1.807) is 0 Å². The zero-order chi connectivity index (χ0) is 26.0. The smallest absolute Gasteiger partial charge is 0.433 e. The molecule has 0 amide bonds. The maximum Gasteiger partial charge on any atom is 0.433 e. The Kier molecular flexibility index (Phi) is 5.24. The van der Waals surface area contributed by atoms with Gasteiger partial charge in [-0.3, -0.25) is 0 Å². The number of carbonyl (C=O) groups excluding carboxylic acids is 1. The Morgan fingerprint density at radius 3 is 2.61 bits per heavy atom. The fourth-order valence-electron chi connectivity index (χ4n) is 3.98. The molecule has 1 fully saturated rings. The number of nitrogens with zero attached hydrogens (tertiary/aromatic N) is 6. The van der Waals surface area contributed by atoms with Crippen molar-refractivity contribution in [1.82, 2.24) is 29.1 Å². The van der Waals surface area contributed by atoms with Gasteiger partial charge in [-0.15, -0.1) is 0 Å². The van der Waals surface area contributed by atoms with Gasteiger partial charge in [0.25, 0.3) is 0 Å². The van der Waals surface area contributed by atoms with Gasteiger partial charge in [0.05, 0.1) is 30.1 Å². The summed E-state index contributed by atoms with van der Waals surface area (Å²) in [5.74, 6) is -0.416. The molecule has 0 spiro atoms. The van der Waals surface area contributed by atoms with E-state index in [4.69, 9.17) is 4.74 Å². The van der Waals surface area contributed by atoms with E-state index in [2.05, 4.69) is 25.4 Å². The highest BCUT2D eigenvalue weighted by atomic mass is 32.2. The van der Waals surface area contributed by atoms with Crippen LogP contribution in [0.3, 0.4) is 0 Å². The summed E-state index contributed by atoms with van der Waals surface area (Å²) in [5.41, 5.74) is -1.73. The van der Waals surface area contributed by atoms with Crippen LogP contribution in [0.25, 0.3) is 28.1 Å². The number of carbonyl (C=O) groups is 1. The lowest BCUT2D eigenvalue weighted by molar-refractivity contribution is -0.142. The molecule has 4 aromatic heterocycles. The molecule has 1 aliphatic rings. The van der Waals surface area contributed by atoms with Gasteiger partial charge < -0.3 is 14.6 Å². The maximum absolute atomic E-state index is 13.2. The summed E-state index contributed by atoms with van der Waals surface area (Å²) >= 11 is 0. The van der Waals surface area contributed by atoms with Crippen molar-refractivity contribution < 1.29 is 31.1 Å². The highest BCUT2D eigenvalue weighted by Gasteiger charge is 2.52. The van der Waals surface area contributed by atoms with Crippen LogP contribution < -0.4 is 5.32 Å².